The number of hydrogen-bond donors (Lipinski definition) is 1. The molecule has 0 saturated heterocycles. The second-order valence-corrected chi connectivity index (χ2v) is 8.50. The van der Waals surface area contributed by atoms with E-state index in [1.807, 2.05) is 43.3 Å². The Hall–Kier alpha value is -2.95. The van der Waals surface area contributed by atoms with E-state index in [1.165, 1.54) is 5.56 Å². The van der Waals surface area contributed by atoms with E-state index in [9.17, 15) is 4.79 Å². The van der Waals surface area contributed by atoms with Crippen molar-refractivity contribution in [3.63, 3.8) is 0 Å². The number of hydrogen-bond acceptors (Lipinski definition) is 4. The molecule has 152 valence electrons. The van der Waals surface area contributed by atoms with Crippen LogP contribution >= 0.6 is 0 Å². The number of rotatable bonds is 6. The van der Waals surface area contributed by atoms with Crippen LogP contribution in [0.15, 0.2) is 52.9 Å². The molecule has 3 rings (SSSR count). The molecule has 0 bridgehead atoms. The van der Waals surface area contributed by atoms with E-state index in [2.05, 4.69) is 55.3 Å². The van der Waals surface area contributed by atoms with Crippen LogP contribution in [0.25, 0.3) is 22.9 Å². The molecular formula is C24H29N3O2. The first-order chi connectivity index (χ1) is 13.8. The topological polar surface area (TPSA) is 68.0 Å². The number of nitrogens with one attached hydrogen (secondary N) is 1. The molecule has 0 aliphatic rings. The number of nitrogens with zero attached hydrogens (tertiary/aromatic N) is 2. The van der Waals surface area contributed by atoms with Crippen molar-refractivity contribution in [3.05, 3.63) is 54.1 Å². The summed E-state index contributed by atoms with van der Waals surface area (Å²) in [5, 5.41) is 11.3. The van der Waals surface area contributed by atoms with E-state index in [1.54, 1.807) is 0 Å². The highest BCUT2D eigenvalue weighted by molar-refractivity contribution is 5.92. The van der Waals surface area contributed by atoms with Gasteiger partial charge in [0.25, 0.3) is 0 Å². The number of benzene rings is 2. The normalized spacial score (nSPS) is 12.6. The molecule has 0 fully saturated rings. The van der Waals surface area contributed by atoms with Crippen LogP contribution in [0, 0.1) is 5.92 Å². The third-order valence-electron chi connectivity index (χ3n) is 4.99. The number of aromatic nitrogens is 2. The minimum atomic E-state index is 0.00264. The van der Waals surface area contributed by atoms with Crippen molar-refractivity contribution in [2.24, 2.45) is 5.92 Å². The maximum Gasteiger partial charge on any atom is 0.248 e. The fourth-order valence-corrected chi connectivity index (χ4v) is 3.10. The summed E-state index contributed by atoms with van der Waals surface area (Å²) in [4.78, 5) is 12.2. The molecule has 0 radical (unpaired) electrons. The molecule has 1 amide bonds. The van der Waals surface area contributed by atoms with Crippen LogP contribution < -0.4 is 5.32 Å². The molecule has 0 spiro atoms. The van der Waals surface area contributed by atoms with Crippen LogP contribution in [-0.4, -0.2) is 16.1 Å². The lowest BCUT2D eigenvalue weighted by Crippen LogP contribution is -2.20. The molecule has 0 aliphatic heterocycles. The van der Waals surface area contributed by atoms with Gasteiger partial charge in [-0.05, 0) is 53.8 Å². The Morgan fingerprint density at radius 3 is 1.97 bits per heavy atom. The van der Waals surface area contributed by atoms with Crippen LogP contribution in [0.2, 0.25) is 0 Å². The second kappa shape index (κ2) is 8.60. The van der Waals surface area contributed by atoms with Gasteiger partial charge in [-0.2, -0.15) is 0 Å². The largest absolute Gasteiger partial charge is 0.416 e. The predicted octanol–water partition coefficient (Wildman–Crippen LogP) is 6.08. The van der Waals surface area contributed by atoms with Gasteiger partial charge in [0.2, 0.25) is 17.7 Å². The summed E-state index contributed by atoms with van der Waals surface area (Å²) >= 11 is 0. The highest BCUT2D eigenvalue weighted by atomic mass is 16.4. The molecule has 1 atom stereocenters. The van der Waals surface area contributed by atoms with Crippen molar-refractivity contribution in [2.75, 3.05) is 5.32 Å². The molecule has 29 heavy (non-hydrogen) atoms. The Balaban J connectivity index is 1.71. The SMILES string of the molecule is CCCC(C)C(=O)Nc1ccc(-c2nnc(-c3ccc(C(C)(C)C)cc3)o2)cc1. The van der Waals surface area contributed by atoms with Crippen molar-refractivity contribution >= 4 is 11.6 Å². The molecule has 0 aliphatic carbocycles. The van der Waals surface area contributed by atoms with Gasteiger partial charge >= 0.3 is 0 Å². The van der Waals surface area contributed by atoms with Crippen LogP contribution in [0.1, 0.15) is 53.0 Å². The zero-order valence-electron chi connectivity index (χ0n) is 17.8. The summed E-state index contributed by atoms with van der Waals surface area (Å²) in [5.41, 5.74) is 3.83. The van der Waals surface area contributed by atoms with E-state index in [-0.39, 0.29) is 17.2 Å². The lowest BCUT2D eigenvalue weighted by atomic mass is 9.87. The molecule has 1 unspecified atom stereocenters. The van der Waals surface area contributed by atoms with Crippen molar-refractivity contribution in [1.82, 2.24) is 10.2 Å². The summed E-state index contributed by atoms with van der Waals surface area (Å²) in [5.74, 6) is 0.990. The van der Waals surface area contributed by atoms with Crippen LogP contribution in [0.5, 0.6) is 0 Å². The lowest BCUT2D eigenvalue weighted by molar-refractivity contribution is -0.119. The first-order valence-corrected chi connectivity index (χ1v) is 10.1. The average molecular weight is 392 g/mol. The van der Waals surface area contributed by atoms with Crippen molar-refractivity contribution in [1.29, 1.82) is 0 Å². The van der Waals surface area contributed by atoms with Gasteiger partial charge in [0.05, 0.1) is 0 Å². The van der Waals surface area contributed by atoms with Gasteiger partial charge < -0.3 is 9.73 Å². The van der Waals surface area contributed by atoms with Gasteiger partial charge in [0.15, 0.2) is 0 Å². The summed E-state index contributed by atoms with van der Waals surface area (Å²) in [6.45, 7) is 10.6. The lowest BCUT2D eigenvalue weighted by Gasteiger charge is -2.18. The Kier molecular flexibility index (Phi) is 6.16. The monoisotopic (exact) mass is 391 g/mol. The summed E-state index contributed by atoms with van der Waals surface area (Å²) in [7, 11) is 0. The Morgan fingerprint density at radius 2 is 1.48 bits per heavy atom. The van der Waals surface area contributed by atoms with Crippen LogP contribution in [0.4, 0.5) is 5.69 Å². The molecule has 2 aromatic carbocycles. The zero-order valence-corrected chi connectivity index (χ0v) is 17.8. The highest BCUT2D eigenvalue weighted by Gasteiger charge is 2.16. The van der Waals surface area contributed by atoms with Crippen LogP contribution in [0.3, 0.4) is 0 Å². The Morgan fingerprint density at radius 1 is 0.966 bits per heavy atom. The highest BCUT2D eigenvalue weighted by Crippen LogP contribution is 2.28. The fourth-order valence-electron chi connectivity index (χ4n) is 3.10. The standard InChI is InChI=1S/C24H29N3O2/c1-6-7-16(2)21(28)25-20-14-10-18(11-15-20)23-27-26-22(29-23)17-8-12-19(13-9-17)24(3,4)5/h8-16H,6-7H2,1-5H3,(H,25,28). The molecule has 1 aromatic heterocycles. The van der Waals surface area contributed by atoms with Gasteiger partial charge in [-0.1, -0.05) is 53.2 Å². The molecule has 5 heteroatoms. The summed E-state index contributed by atoms with van der Waals surface area (Å²) in [6.07, 6.45) is 1.87. The smallest absolute Gasteiger partial charge is 0.248 e. The van der Waals surface area contributed by atoms with Gasteiger partial charge in [0, 0.05) is 22.7 Å². The van der Waals surface area contributed by atoms with E-state index < -0.39 is 0 Å². The number of amides is 1. The quantitative estimate of drug-likeness (QED) is 0.553. The molecule has 3 aromatic rings. The second-order valence-electron chi connectivity index (χ2n) is 8.50. The third kappa shape index (κ3) is 5.11. The van der Waals surface area contributed by atoms with Crippen molar-refractivity contribution in [2.45, 2.75) is 52.9 Å². The zero-order chi connectivity index (χ0) is 21.0. The number of carbonyl (C=O) groups excluding carboxylic acids is 1. The number of carbonyl (C=O) groups is 1. The molecule has 0 saturated carbocycles. The van der Waals surface area contributed by atoms with Gasteiger partial charge in [-0.15, -0.1) is 10.2 Å². The van der Waals surface area contributed by atoms with Gasteiger partial charge in [-0.25, -0.2) is 0 Å². The molecule has 1 heterocycles. The van der Waals surface area contributed by atoms with Crippen LogP contribution in [-0.2, 0) is 10.2 Å². The summed E-state index contributed by atoms with van der Waals surface area (Å²) < 4.78 is 5.86. The first kappa shape index (κ1) is 20.8. The third-order valence-corrected chi connectivity index (χ3v) is 4.99. The van der Waals surface area contributed by atoms with Crippen molar-refractivity contribution < 1.29 is 9.21 Å². The van der Waals surface area contributed by atoms with E-state index in [4.69, 9.17) is 4.42 Å². The van der Waals surface area contributed by atoms with Crippen molar-refractivity contribution in [3.8, 4) is 22.9 Å². The molecular weight excluding hydrogens is 362 g/mol. The average Bonchev–Trinajstić information content (AvgIpc) is 3.18. The van der Waals surface area contributed by atoms with Gasteiger partial charge in [0.1, 0.15) is 0 Å². The maximum atomic E-state index is 12.2. The van der Waals surface area contributed by atoms with E-state index >= 15 is 0 Å². The minimum absolute atomic E-state index is 0.00264. The molecule has 5 nitrogen and oxygen atoms in total. The summed E-state index contributed by atoms with van der Waals surface area (Å²) in [6, 6.07) is 15.7. The fraction of sp³-hybridized carbons (Fsp3) is 0.375. The van der Waals surface area contributed by atoms with E-state index in [0.29, 0.717) is 11.8 Å². The first-order valence-electron chi connectivity index (χ1n) is 10.1. The number of anilines is 1. The maximum absolute atomic E-state index is 12.2. The predicted molar refractivity (Wildman–Crippen MR) is 117 cm³/mol. The Bertz CT molecular complexity index is 951. The van der Waals surface area contributed by atoms with Gasteiger partial charge in [-0.3, -0.25) is 4.79 Å². The molecule has 1 N–H and O–H groups in total. The van der Waals surface area contributed by atoms with E-state index in [0.717, 1.165) is 29.7 Å². The minimum Gasteiger partial charge on any atom is -0.416 e. The Labute approximate surface area is 172 Å².